The zero-order chi connectivity index (χ0) is 20.0. The highest BCUT2D eigenvalue weighted by molar-refractivity contribution is 5.92. The Hall–Kier alpha value is -3.66. The van der Waals surface area contributed by atoms with Crippen LogP contribution in [0.2, 0.25) is 0 Å². The molecule has 5 aromatic rings. The molecule has 4 heteroatoms. The van der Waals surface area contributed by atoms with Gasteiger partial charge in [-0.3, -0.25) is 0 Å². The number of pyridine rings is 2. The summed E-state index contributed by atoms with van der Waals surface area (Å²) in [4.78, 5) is 9.87. The molecular formula is C25H22N4. The topological polar surface area (TPSA) is 56.2 Å². The molecule has 0 saturated carbocycles. The van der Waals surface area contributed by atoms with E-state index in [0.29, 0.717) is 5.92 Å². The highest BCUT2D eigenvalue weighted by Gasteiger charge is 2.17. The van der Waals surface area contributed by atoms with Gasteiger partial charge in [0.25, 0.3) is 0 Å². The molecule has 29 heavy (non-hydrogen) atoms. The zero-order valence-electron chi connectivity index (χ0n) is 16.5. The second-order valence-electron chi connectivity index (χ2n) is 7.63. The van der Waals surface area contributed by atoms with Crippen LogP contribution in [0.1, 0.15) is 25.6 Å². The SMILES string of the molecule is CC(C)c1nc(-c2ccc3ccc(-c4ccccc4)nc3c2)c2c(N)cccn12. The van der Waals surface area contributed by atoms with Crippen molar-refractivity contribution in [2.75, 3.05) is 5.73 Å². The molecule has 0 atom stereocenters. The van der Waals surface area contributed by atoms with Crippen molar-refractivity contribution in [2.45, 2.75) is 19.8 Å². The minimum Gasteiger partial charge on any atom is -0.397 e. The van der Waals surface area contributed by atoms with Crippen molar-refractivity contribution in [1.82, 2.24) is 14.4 Å². The number of anilines is 1. The Morgan fingerprint density at radius 2 is 1.62 bits per heavy atom. The van der Waals surface area contributed by atoms with Crippen molar-refractivity contribution < 1.29 is 0 Å². The lowest BCUT2D eigenvalue weighted by Crippen LogP contribution is -1.97. The van der Waals surface area contributed by atoms with Gasteiger partial charge in [0, 0.05) is 28.6 Å². The number of nitrogen functional groups attached to an aromatic ring is 1. The van der Waals surface area contributed by atoms with E-state index in [-0.39, 0.29) is 0 Å². The summed E-state index contributed by atoms with van der Waals surface area (Å²) >= 11 is 0. The fraction of sp³-hybridized carbons (Fsp3) is 0.120. The molecule has 3 aromatic heterocycles. The number of rotatable bonds is 3. The van der Waals surface area contributed by atoms with Crippen molar-refractivity contribution in [3.05, 3.63) is 84.8 Å². The summed E-state index contributed by atoms with van der Waals surface area (Å²) in [7, 11) is 0. The maximum absolute atomic E-state index is 6.34. The van der Waals surface area contributed by atoms with Crippen LogP contribution in [0.25, 0.3) is 38.9 Å². The van der Waals surface area contributed by atoms with Gasteiger partial charge in [-0.15, -0.1) is 0 Å². The molecule has 0 saturated heterocycles. The van der Waals surface area contributed by atoms with Crippen LogP contribution < -0.4 is 5.73 Å². The minimum absolute atomic E-state index is 0.293. The standard InChI is InChI=1S/C25H22N4/c1-16(2)25-28-23(24-20(26)9-6-14-29(24)25)19-11-10-18-12-13-21(27-22(18)15-19)17-7-4-3-5-8-17/h3-16H,26H2,1-2H3. The van der Waals surface area contributed by atoms with E-state index in [1.165, 1.54) is 0 Å². The molecule has 4 nitrogen and oxygen atoms in total. The van der Waals surface area contributed by atoms with Gasteiger partial charge in [-0.05, 0) is 24.3 Å². The summed E-state index contributed by atoms with van der Waals surface area (Å²) in [5, 5.41) is 1.11. The van der Waals surface area contributed by atoms with Crippen molar-refractivity contribution in [3.8, 4) is 22.5 Å². The lowest BCUT2D eigenvalue weighted by atomic mass is 10.1. The average Bonchev–Trinajstić information content (AvgIpc) is 3.15. The number of hydrogen-bond donors (Lipinski definition) is 1. The largest absolute Gasteiger partial charge is 0.397 e. The third-order valence-corrected chi connectivity index (χ3v) is 5.27. The first-order valence-electron chi connectivity index (χ1n) is 9.85. The van der Waals surface area contributed by atoms with E-state index in [9.17, 15) is 0 Å². The average molecular weight is 378 g/mol. The second kappa shape index (κ2) is 6.74. The molecule has 0 aliphatic rings. The maximum atomic E-state index is 6.34. The first-order chi connectivity index (χ1) is 14.1. The molecule has 0 radical (unpaired) electrons. The molecule has 0 aliphatic heterocycles. The van der Waals surface area contributed by atoms with Crippen LogP contribution in [-0.4, -0.2) is 14.4 Å². The first kappa shape index (κ1) is 17.4. The molecule has 0 amide bonds. The van der Waals surface area contributed by atoms with Crippen molar-refractivity contribution in [2.24, 2.45) is 0 Å². The Kier molecular flexibility index (Phi) is 4.06. The Labute approximate surface area is 169 Å². The third-order valence-electron chi connectivity index (χ3n) is 5.27. The Balaban J connectivity index is 1.72. The number of fused-ring (bicyclic) bond motifs is 2. The van der Waals surface area contributed by atoms with E-state index in [1.54, 1.807) is 0 Å². The molecule has 3 heterocycles. The van der Waals surface area contributed by atoms with Gasteiger partial charge in [0.1, 0.15) is 5.82 Å². The number of imidazole rings is 1. The van der Waals surface area contributed by atoms with Crippen LogP contribution in [-0.2, 0) is 0 Å². The van der Waals surface area contributed by atoms with Gasteiger partial charge in [0.05, 0.1) is 28.1 Å². The van der Waals surface area contributed by atoms with Gasteiger partial charge in [-0.2, -0.15) is 0 Å². The van der Waals surface area contributed by atoms with Crippen molar-refractivity contribution in [1.29, 1.82) is 0 Å². The molecule has 0 fully saturated rings. The van der Waals surface area contributed by atoms with E-state index in [0.717, 1.165) is 50.4 Å². The molecule has 0 unspecified atom stereocenters. The lowest BCUT2D eigenvalue weighted by molar-refractivity contribution is 0.771. The monoisotopic (exact) mass is 378 g/mol. The predicted octanol–water partition coefficient (Wildman–Crippen LogP) is 5.92. The molecule has 0 aliphatic carbocycles. The van der Waals surface area contributed by atoms with Gasteiger partial charge in [0.15, 0.2) is 0 Å². The maximum Gasteiger partial charge on any atom is 0.116 e. The predicted molar refractivity (Wildman–Crippen MR) is 120 cm³/mol. The second-order valence-corrected chi connectivity index (χ2v) is 7.63. The van der Waals surface area contributed by atoms with E-state index < -0.39 is 0 Å². The number of benzene rings is 2. The smallest absolute Gasteiger partial charge is 0.116 e. The molecule has 2 aromatic carbocycles. The fourth-order valence-corrected chi connectivity index (χ4v) is 3.83. The van der Waals surface area contributed by atoms with Gasteiger partial charge in [-0.25, -0.2) is 9.97 Å². The quantitative estimate of drug-likeness (QED) is 0.424. The van der Waals surface area contributed by atoms with E-state index in [4.69, 9.17) is 15.7 Å². The van der Waals surface area contributed by atoms with Crippen LogP contribution >= 0.6 is 0 Å². The molecule has 2 N–H and O–H groups in total. The Morgan fingerprint density at radius 1 is 0.828 bits per heavy atom. The van der Waals surface area contributed by atoms with Crippen LogP contribution in [0.4, 0.5) is 5.69 Å². The summed E-state index contributed by atoms with van der Waals surface area (Å²) in [6.07, 6.45) is 2.03. The zero-order valence-corrected chi connectivity index (χ0v) is 16.5. The molecule has 5 rings (SSSR count). The number of nitrogens with two attached hydrogens (primary N) is 1. The number of hydrogen-bond acceptors (Lipinski definition) is 3. The normalized spacial score (nSPS) is 11.6. The summed E-state index contributed by atoms with van der Waals surface area (Å²) in [5.74, 6) is 1.30. The van der Waals surface area contributed by atoms with Gasteiger partial charge < -0.3 is 10.1 Å². The van der Waals surface area contributed by atoms with Crippen LogP contribution in [0.15, 0.2) is 79.0 Å². The fourth-order valence-electron chi connectivity index (χ4n) is 3.83. The summed E-state index contributed by atoms with van der Waals surface area (Å²) in [5.41, 5.74) is 13.0. The molecule has 0 spiro atoms. The van der Waals surface area contributed by atoms with Crippen LogP contribution in [0, 0.1) is 0 Å². The summed E-state index contributed by atoms with van der Waals surface area (Å²) in [6.45, 7) is 4.30. The molecule has 0 bridgehead atoms. The van der Waals surface area contributed by atoms with Crippen LogP contribution in [0.5, 0.6) is 0 Å². The highest BCUT2D eigenvalue weighted by atomic mass is 15.0. The number of aromatic nitrogens is 3. The minimum atomic E-state index is 0.293. The van der Waals surface area contributed by atoms with E-state index in [1.807, 2.05) is 36.5 Å². The molecular weight excluding hydrogens is 356 g/mol. The number of nitrogens with zero attached hydrogens (tertiary/aromatic N) is 3. The van der Waals surface area contributed by atoms with Gasteiger partial charge in [0.2, 0.25) is 0 Å². The molecule has 142 valence electrons. The Bertz CT molecular complexity index is 1330. The summed E-state index contributed by atoms with van der Waals surface area (Å²) < 4.78 is 2.10. The van der Waals surface area contributed by atoms with E-state index >= 15 is 0 Å². The van der Waals surface area contributed by atoms with Gasteiger partial charge in [-0.1, -0.05) is 62.4 Å². The highest BCUT2D eigenvalue weighted by Crippen LogP contribution is 2.33. The van der Waals surface area contributed by atoms with Crippen molar-refractivity contribution in [3.63, 3.8) is 0 Å². The Morgan fingerprint density at radius 3 is 2.41 bits per heavy atom. The van der Waals surface area contributed by atoms with Crippen LogP contribution in [0.3, 0.4) is 0 Å². The van der Waals surface area contributed by atoms with Gasteiger partial charge >= 0.3 is 0 Å². The lowest BCUT2D eigenvalue weighted by Gasteiger charge is -2.06. The van der Waals surface area contributed by atoms with E-state index in [2.05, 4.69) is 60.7 Å². The summed E-state index contributed by atoms with van der Waals surface area (Å²) in [6, 6.07) is 24.6. The van der Waals surface area contributed by atoms with Crippen molar-refractivity contribution >= 4 is 22.1 Å². The first-order valence-corrected chi connectivity index (χ1v) is 9.85. The third kappa shape index (κ3) is 2.93.